The largest absolute Gasteiger partial charge is 0.240 e. The van der Waals surface area contributed by atoms with Gasteiger partial charge in [-0.15, -0.1) is 0 Å². The van der Waals surface area contributed by atoms with Crippen LogP contribution in [0.5, 0.6) is 0 Å². The summed E-state index contributed by atoms with van der Waals surface area (Å²) in [6.45, 7) is 1.89. The molecule has 0 aliphatic heterocycles. The molecule has 2 atom stereocenters. The number of hydrogen-bond acceptors (Lipinski definition) is 4. The molecule has 0 saturated heterocycles. The van der Waals surface area contributed by atoms with Crippen LogP contribution in [0.4, 0.5) is 0 Å². The van der Waals surface area contributed by atoms with Crippen molar-refractivity contribution in [3.8, 4) is 0 Å². The van der Waals surface area contributed by atoms with E-state index < -0.39 is 32.1 Å². The van der Waals surface area contributed by atoms with Crippen molar-refractivity contribution in [1.29, 1.82) is 0 Å². The number of benzene rings is 2. The summed E-state index contributed by atoms with van der Waals surface area (Å²) >= 11 is 0. The third-order valence-corrected chi connectivity index (χ3v) is 7.78. The van der Waals surface area contributed by atoms with E-state index in [-0.39, 0.29) is 9.79 Å². The zero-order chi connectivity index (χ0) is 19.5. The molecule has 0 radical (unpaired) electrons. The Morgan fingerprint density at radius 2 is 1.15 bits per heavy atom. The summed E-state index contributed by atoms with van der Waals surface area (Å²) in [5.74, 6) is 0. The quantitative estimate of drug-likeness (QED) is 0.768. The van der Waals surface area contributed by atoms with Gasteiger partial charge in [0.15, 0.2) is 0 Å². The molecule has 2 aromatic carbocycles. The van der Waals surface area contributed by atoms with Gasteiger partial charge in [-0.3, -0.25) is 0 Å². The number of hydrogen-bond donors (Lipinski definition) is 2. The van der Waals surface area contributed by atoms with Crippen LogP contribution >= 0.6 is 0 Å². The van der Waals surface area contributed by atoms with Gasteiger partial charge >= 0.3 is 0 Å². The van der Waals surface area contributed by atoms with E-state index in [4.69, 9.17) is 0 Å². The van der Waals surface area contributed by atoms with E-state index in [1.165, 1.54) is 12.1 Å². The first kappa shape index (κ1) is 20.0. The van der Waals surface area contributed by atoms with Gasteiger partial charge in [-0.2, -0.15) is 0 Å². The van der Waals surface area contributed by atoms with Crippen LogP contribution < -0.4 is 9.44 Å². The lowest BCUT2D eigenvalue weighted by Gasteiger charge is -2.32. The Morgan fingerprint density at radius 3 is 1.63 bits per heavy atom. The first-order valence-corrected chi connectivity index (χ1v) is 11.9. The SMILES string of the molecule is Cc1ccc(S(=O)(=O)N[C@H]2CCCC[C@@H]2NS(=O)(=O)c2ccccc2)cc1. The maximum absolute atomic E-state index is 12.7. The predicted octanol–water partition coefficient (Wildman–Crippen LogP) is 2.56. The minimum Gasteiger partial charge on any atom is -0.207 e. The summed E-state index contributed by atoms with van der Waals surface area (Å²) in [5.41, 5.74) is 0.972. The van der Waals surface area contributed by atoms with Crippen molar-refractivity contribution in [2.45, 2.75) is 54.5 Å². The molecule has 8 heteroatoms. The van der Waals surface area contributed by atoms with Gasteiger partial charge in [0.1, 0.15) is 0 Å². The van der Waals surface area contributed by atoms with Gasteiger partial charge in [0, 0.05) is 12.1 Å². The highest BCUT2D eigenvalue weighted by atomic mass is 32.2. The van der Waals surface area contributed by atoms with Crippen LogP contribution in [0.3, 0.4) is 0 Å². The van der Waals surface area contributed by atoms with Crippen LogP contribution in [0.1, 0.15) is 31.2 Å². The van der Waals surface area contributed by atoms with E-state index >= 15 is 0 Å². The summed E-state index contributed by atoms with van der Waals surface area (Å²) in [7, 11) is -7.42. The lowest BCUT2D eigenvalue weighted by molar-refractivity contribution is 0.340. The fourth-order valence-corrected chi connectivity index (χ4v) is 5.91. The minimum atomic E-state index is -3.71. The topological polar surface area (TPSA) is 92.3 Å². The zero-order valence-electron chi connectivity index (χ0n) is 15.1. The predicted molar refractivity (Wildman–Crippen MR) is 104 cm³/mol. The van der Waals surface area contributed by atoms with Gasteiger partial charge in [0.05, 0.1) is 9.79 Å². The first-order chi connectivity index (χ1) is 12.8. The summed E-state index contributed by atoms with van der Waals surface area (Å²) < 4.78 is 56.1. The second-order valence-corrected chi connectivity index (χ2v) is 10.3. The fraction of sp³-hybridized carbons (Fsp3) is 0.368. The van der Waals surface area contributed by atoms with E-state index in [1.807, 2.05) is 6.92 Å². The number of nitrogens with one attached hydrogen (secondary N) is 2. The average molecular weight is 409 g/mol. The van der Waals surface area contributed by atoms with Gasteiger partial charge in [0.25, 0.3) is 0 Å². The molecular formula is C19H24N2O4S2. The fourth-order valence-electron chi connectivity index (χ4n) is 3.26. The molecule has 0 heterocycles. The lowest BCUT2D eigenvalue weighted by atomic mass is 9.92. The first-order valence-electron chi connectivity index (χ1n) is 8.94. The van der Waals surface area contributed by atoms with Crippen molar-refractivity contribution < 1.29 is 16.8 Å². The summed E-state index contributed by atoms with van der Waals surface area (Å²) in [6.07, 6.45) is 2.88. The van der Waals surface area contributed by atoms with E-state index in [1.54, 1.807) is 42.5 Å². The van der Waals surface area contributed by atoms with Crippen LogP contribution in [0.25, 0.3) is 0 Å². The van der Waals surface area contributed by atoms with Gasteiger partial charge in [0.2, 0.25) is 20.0 Å². The van der Waals surface area contributed by atoms with Gasteiger partial charge < -0.3 is 0 Å². The number of rotatable bonds is 6. The summed E-state index contributed by atoms with van der Waals surface area (Å²) in [6, 6.07) is 13.8. The second kappa shape index (κ2) is 8.10. The molecule has 0 bridgehead atoms. The summed E-state index contributed by atoms with van der Waals surface area (Å²) in [5, 5.41) is 0. The van der Waals surface area contributed by atoms with Crippen molar-refractivity contribution >= 4 is 20.0 Å². The van der Waals surface area contributed by atoms with Crippen molar-refractivity contribution in [2.24, 2.45) is 0 Å². The van der Waals surface area contributed by atoms with Gasteiger partial charge in [-0.1, -0.05) is 48.7 Å². The van der Waals surface area contributed by atoms with Gasteiger partial charge in [-0.25, -0.2) is 26.3 Å². The highest BCUT2D eigenvalue weighted by Gasteiger charge is 2.32. The smallest absolute Gasteiger partial charge is 0.207 e. The monoisotopic (exact) mass is 408 g/mol. The molecule has 6 nitrogen and oxygen atoms in total. The average Bonchev–Trinajstić information content (AvgIpc) is 2.64. The van der Waals surface area contributed by atoms with E-state index in [0.717, 1.165) is 18.4 Å². The minimum absolute atomic E-state index is 0.177. The molecule has 1 fully saturated rings. The Morgan fingerprint density at radius 1 is 0.704 bits per heavy atom. The molecule has 2 N–H and O–H groups in total. The van der Waals surface area contributed by atoms with Crippen LogP contribution in [0, 0.1) is 6.92 Å². The Bertz CT molecular complexity index is 972. The van der Waals surface area contributed by atoms with Crippen molar-refractivity contribution in [1.82, 2.24) is 9.44 Å². The molecule has 27 heavy (non-hydrogen) atoms. The molecule has 2 aromatic rings. The number of aryl methyl sites for hydroxylation is 1. The second-order valence-electron chi connectivity index (χ2n) is 6.87. The standard InChI is InChI=1S/C19H24N2O4S2/c1-15-11-13-17(14-12-15)27(24,25)21-19-10-6-5-9-18(19)20-26(22,23)16-7-3-2-4-8-16/h2-4,7-8,11-14,18-21H,5-6,9-10H2,1H3/t18-,19-/m0/s1. The molecule has 0 aromatic heterocycles. The van der Waals surface area contributed by atoms with Crippen LogP contribution in [0.15, 0.2) is 64.4 Å². The third-order valence-electron chi connectivity index (χ3n) is 4.76. The number of sulfonamides is 2. The Labute approximate surface area is 161 Å². The third kappa shape index (κ3) is 4.95. The lowest BCUT2D eigenvalue weighted by Crippen LogP contribution is -2.52. The van der Waals surface area contributed by atoms with Gasteiger partial charge in [-0.05, 0) is 44.0 Å². The molecule has 1 saturated carbocycles. The Kier molecular flexibility index (Phi) is 6.00. The molecule has 0 spiro atoms. The highest BCUT2D eigenvalue weighted by molar-refractivity contribution is 7.90. The van der Waals surface area contributed by atoms with Crippen molar-refractivity contribution in [2.75, 3.05) is 0 Å². The molecular weight excluding hydrogens is 384 g/mol. The maximum Gasteiger partial charge on any atom is 0.240 e. The van der Waals surface area contributed by atoms with Crippen LogP contribution in [-0.2, 0) is 20.0 Å². The maximum atomic E-state index is 12.7. The van der Waals surface area contributed by atoms with Crippen molar-refractivity contribution in [3.63, 3.8) is 0 Å². The molecule has 3 rings (SSSR count). The van der Waals surface area contributed by atoms with E-state index in [9.17, 15) is 16.8 Å². The summed E-state index contributed by atoms with van der Waals surface area (Å²) in [4.78, 5) is 0.360. The van der Waals surface area contributed by atoms with E-state index in [2.05, 4.69) is 9.44 Å². The van der Waals surface area contributed by atoms with E-state index in [0.29, 0.717) is 12.8 Å². The van der Waals surface area contributed by atoms with Crippen molar-refractivity contribution in [3.05, 3.63) is 60.2 Å². The molecule has 1 aliphatic carbocycles. The zero-order valence-corrected chi connectivity index (χ0v) is 16.8. The highest BCUT2D eigenvalue weighted by Crippen LogP contribution is 2.23. The normalized spacial score (nSPS) is 21.1. The molecule has 1 aliphatic rings. The van der Waals surface area contributed by atoms with Crippen LogP contribution in [-0.4, -0.2) is 28.9 Å². The molecule has 0 unspecified atom stereocenters. The molecule has 0 amide bonds. The molecule has 146 valence electrons. The Balaban J connectivity index is 1.78. The van der Waals surface area contributed by atoms with Crippen LogP contribution in [0.2, 0.25) is 0 Å². The Hall–Kier alpha value is -1.74.